The minimum absolute atomic E-state index is 0.311. The van der Waals surface area contributed by atoms with Gasteiger partial charge in [-0.15, -0.1) is 11.8 Å². The van der Waals surface area contributed by atoms with Gasteiger partial charge in [-0.05, 0) is 38.3 Å². The fraction of sp³-hybridized carbons (Fsp3) is 0.533. The van der Waals surface area contributed by atoms with Crippen LogP contribution in [0.3, 0.4) is 0 Å². The Morgan fingerprint density at radius 3 is 2.76 bits per heavy atom. The quantitative estimate of drug-likeness (QED) is 0.620. The molecule has 0 aromatic heterocycles. The topological polar surface area (TPSA) is 38.3 Å². The first kappa shape index (κ1) is 16.2. The maximum absolute atomic E-state index is 13.5. The molecule has 1 aliphatic rings. The summed E-state index contributed by atoms with van der Waals surface area (Å²) in [7, 11) is 1.36. The van der Waals surface area contributed by atoms with Gasteiger partial charge in [-0.25, -0.2) is 8.78 Å². The molecule has 21 heavy (non-hydrogen) atoms. The fourth-order valence-corrected chi connectivity index (χ4v) is 3.19. The van der Waals surface area contributed by atoms with E-state index in [1.54, 1.807) is 6.92 Å². The number of hydrogen-bond acceptors (Lipinski definition) is 4. The van der Waals surface area contributed by atoms with Crippen molar-refractivity contribution in [2.75, 3.05) is 12.9 Å². The summed E-state index contributed by atoms with van der Waals surface area (Å²) < 4.78 is 31.2. The number of esters is 1. The zero-order valence-corrected chi connectivity index (χ0v) is 12.9. The van der Waals surface area contributed by atoms with Crippen molar-refractivity contribution in [3.05, 3.63) is 29.8 Å². The molecular formula is C15H19F2NO2S. The van der Waals surface area contributed by atoms with Crippen LogP contribution in [-0.4, -0.2) is 30.4 Å². The molecule has 1 fully saturated rings. The number of hydrogen-bond donors (Lipinski definition) is 1. The van der Waals surface area contributed by atoms with Gasteiger partial charge >= 0.3 is 5.97 Å². The maximum atomic E-state index is 13.5. The second-order valence-corrected chi connectivity index (χ2v) is 6.55. The zero-order valence-electron chi connectivity index (χ0n) is 12.1. The van der Waals surface area contributed by atoms with Crippen LogP contribution in [0.25, 0.3) is 0 Å². The molecule has 1 N–H and O–H groups in total. The Hall–Kier alpha value is -1.14. The third kappa shape index (κ3) is 4.41. The van der Waals surface area contributed by atoms with Gasteiger partial charge in [-0.3, -0.25) is 10.1 Å². The Labute approximate surface area is 127 Å². The van der Waals surface area contributed by atoms with Crippen LogP contribution in [0.15, 0.2) is 23.1 Å². The molecule has 1 atom stereocenters. The number of methoxy groups -OCH3 is 1. The lowest BCUT2D eigenvalue weighted by atomic mass is 9.99. The van der Waals surface area contributed by atoms with Gasteiger partial charge in [-0.1, -0.05) is 0 Å². The molecule has 0 heterocycles. The summed E-state index contributed by atoms with van der Waals surface area (Å²) in [6.45, 7) is 1.80. The molecule has 6 heteroatoms. The standard InChI is InChI=1S/C15H19F2NO2S/c1-15(14(19)20-2,18-11-4-5-11)7-8-21-13-6-3-10(16)9-12(13)17/h3,6,9,11,18H,4-5,7-8H2,1-2H3. The van der Waals surface area contributed by atoms with Crippen LogP contribution in [0.1, 0.15) is 26.2 Å². The number of carbonyl (C=O) groups excluding carboxylic acids is 1. The fourth-order valence-electron chi connectivity index (χ4n) is 2.09. The van der Waals surface area contributed by atoms with Crippen LogP contribution in [0.5, 0.6) is 0 Å². The summed E-state index contributed by atoms with van der Waals surface area (Å²) in [4.78, 5) is 12.3. The van der Waals surface area contributed by atoms with Crippen LogP contribution in [0, 0.1) is 11.6 Å². The first-order valence-corrected chi connectivity index (χ1v) is 7.87. The summed E-state index contributed by atoms with van der Waals surface area (Å²) in [6.07, 6.45) is 2.64. The SMILES string of the molecule is COC(=O)C(C)(CCSc1ccc(F)cc1F)NC1CC1. The van der Waals surface area contributed by atoms with Gasteiger partial charge in [0.25, 0.3) is 0 Å². The lowest BCUT2D eigenvalue weighted by Gasteiger charge is -2.28. The van der Waals surface area contributed by atoms with Crippen molar-refractivity contribution in [1.82, 2.24) is 5.32 Å². The Kier molecular flexibility index (Phi) is 5.22. The van der Waals surface area contributed by atoms with Crippen LogP contribution in [0.4, 0.5) is 8.78 Å². The molecule has 0 radical (unpaired) electrons. The average Bonchev–Trinajstić information content (AvgIpc) is 3.24. The average molecular weight is 315 g/mol. The lowest BCUT2D eigenvalue weighted by molar-refractivity contribution is -0.148. The molecule has 1 saturated carbocycles. The molecule has 0 bridgehead atoms. The van der Waals surface area contributed by atoms with Gasteiger partial charge in [0, 0.05) is 22.8 Å². The van der Waals surface area contributed by atoms with Crippen molar-refractivity contribution in [2.24, 2.45) is 0 Å². The van der Waals surface area contributed by atoms with Crippen molar-refractivity contribution in [1.29, 1.82) is 0 Å². The van der Waals surface area contributed by atoms with E-state index in [0.29, 0.717) is 23.1 Å². The summed E-state index contributed by atoms with van der Waals surface area (Å²) in [5.74, 6) is -0.940. The van der Waals surface area contributed by atoms with E-state index in [1.807, 2.05) is 0 Å². The Morgan fingerprint density at radius 2 is 2.19 bits per heavy atom. The van der Waals surface area contributed by atoms with E-state index in [2.05, 4.69) is 5.32 Å². The van der Waals surface area contributed by atoms with Crippen molar-refractivity contribution in [3.8, 4) is 0 Å². The van der Waals surface area contributed by atoms with Crippen molar-refractivity contribution in [2.45, 2.75) is 42.7 Å². The van der Waals surface area contributed by atoms with Crippen LogP contribution >= 0.6 is 11.8 Å². The number of halogens is 2. The van der Waals surface area contributed by atoms with Gasteiger partial charge in [-0.2, -0.15) is 0 Å². The number of nitrogens with one attached hydrogen (secondary N) is 1. The Balaban J connectivity index is 1.93. The largest absolute Gasteiger partial charge is 0.468 e. The van der Waals surface area contributed by atoms with E-state index in [-0.39, 0.29) is 5.97 Å². The summed E-state index contributed by atoms with van der Waals surface area (Å²) in [5, 5.41) is 3.29. The Morgan fingerprint density at radius 1 is 1.48 bits per heavy atom. The highest BCUT2D eigenvalue weighted by Gasteiger charge is 2.38. The molecule has 0 amide bonds. The number of benzene rings is 1. The maximum Gasteiger partial charge on any atom is 0.325 e. The van der Waals surface area contributed by atoms with Crippen molar-refractivity contribution in [3.63, 3.8) is 0 Å². The van der Waals surface area contributed by atoms with Crippen molar-refractivity contribution < 1.29 is 18.3 Å². The molecular weight excluding hydrogens is 296 g/mol. The monoisotopic (exact) mass is 315 g/mol. The minimum Gasteiger partial charge on any atom is -0.468 e. The van der Waals surface area contributed by atoms with E-state index < -0.39 is 17.2 Å². The van der Waals surface area contributed by atoms with Crippen LogP contribution in [-0.2, 0) is 9.53 Å². The number of rotatable bonds is 7. The smallest absolute Gasteiger partial charge is 0.325 e. The first-order chi connectivity index (χ1) is 9.94. The van der Waals surface area contributed by atoms with E-state index >= 15 is 0 Å². The highest BCUT2D eigenvalue weighted by molar-refractivity contribution is 7.99. The number of ether oxygens (including phenoxy) is 1. The third-order valence-electron chi connectivity index (χ3n) is 3.49. The summed E-state index contributed by atoms with van der Waals surface area (Å²) >= 11 is 1.27. The Bertz CT molecular complexity index is 522. The van der Waals surface area contributed by atoms with Gasteiger partial charge in [0.1, 0.15) is 17.2 Å². The predicted octanol–water partition coefficient (Wildman–Crippen LogP) is 3.13. The van der Waals surface area contributed by atoms with Crippen LogP contribution < -0.4 is 5.32 Å². The van der Waals surface area contributed by atoms with E-state index in [4.69, 9.17) is 4.74 Å². The summed E-state index contributed by atoms with van der Waals surface area (Å²) in [5.41, 5.74) is -0.764. The van der Waals surface area contributed by atoms with Crippen LogP contribution in [0.2, 0.25) is 0 Å². The number of carbonyl (C=O) groups is 1. The van der Waals surface area contributed by atoms with Gasteiger partial charge in [0.05, 0.1) is 7.11 Å². The molecule has 1 unspecified atom stereocenters. The molecule has 3 nitrogen and oxygen atoms in total. The third-order valence-corrected chi connectivity index (χ3v) is 4.54. The highest BCUT2D eigenvalue weighted by atomic mass is 32.2. The second kappa shape index (κ2) is 6.75. The molecule has 0 aliphatic heterocycles. The van der Waals surface area contributed by atoms with E-state index in [0.717, 1.165) is 18.9 Å². The van der Waals surface area contributed by atoms with Crippen molar-refractivity contribution >= 4 is 17.7 Å². The zero-order chi connectivity index (χ0) is 15.5. The normalized spacial score (nSPS) is 17.3. The summed E-state index contributed by atoms with van der Waals surface area (Å²) in [6, 6.07) is 3.87. The van der Waals surface area contributed by atoms with Gasteiger partial charge in [0.15, 0.2) is 0 Å². The second-order valence-electron chi connectivity index (χ2n) is 5.42. The molecule has 1 aromatic rings. The van der Waals surface area contributed by atoms with E-state index in [1.165, 1.54) is 31.0 Å². The molecule has 2 rings (SSSR count). The molecule has 1 aliphatic carbocycles. The lowest BCUT2D eigenvalue weighted by Crippen LogP contribution is -2.51. The first-order valence-electron chi connectivity index (χ1n) is 6.88. The highest BCUT2D eigenvalue weighted by Crippen LogP contribution is 2.28. The molecule has 0 saturated heterocycles. The molecule has 0 spiro atoms. The van der Waals surface area contributed by atoms with Gasteiger partial charge < -0.3 is 4.74 Å². The van der Waals surface area contributed by atoms with E-state index in [9.17, 15) is 13.6 Å². The predicted molar refractivity (Wildman–Crippen MR) is 78.3 cm³/mol. The number of thioether (sulfide) groups is 1. The molecule has 1 aromatic carbocycles. The molecule has 116 valence electrons. The minimum atomic E-state index is -0.764. The van der Waals surface area contributed by atoms with Gasteiger partial charge in [0.2, 0.25) is 0 Å².